The molecule has 0 spiro atoms. The van der Waals surface area contributed by atoms with Gasteiger partial charge in [0.1, 0.15) is 12.6 Å². The van der Waals surface area contributed by atoms with Crippen LogP contribution in [0.3, 0.4) is 0 Å². The smallest absolute Gasteiger partial charge is 0.329 e. The zero-order valence-electron chi connectivity index (χ0n) is 8.10. The maximum Gasteiger partial charge on any atom is 0.329 e. The van der Waals surface area contributed by atoms with Crippen molar-refractivity contribution in [2.75, 3.05) is 0 Å². The number of rotatable bonds is 3. The van der Waals surface area contributed by atoms with Crippen LogP contribution in [0.1, 0.15) is 12.0 Å². The largest absolute Gasteiger partial charge is 0.459 e. The maximum atomic E-state index is 11.3. The van der Waals surface area contributed by atoms with Gasteiger partial charge in [0.05, 0.1) is 6.42 Å². The Kier molecular flexibility index (Phi) is 2.67. The lowest BCUT2D eigenvalue weighted by atomic mass is 10.1. The van der Waals surface area contributed by atoms with Gasteiger partial charge < -0.3 is 10.1 Å². The highest BCUT2D eigenvalue weighted by atomic mass is 16.5. The Balaban J connectivity index is 1.79. The quantitative estimate of drug-likeness (QED) is 0.581. The lowest BCUT2D eigenvalue weighted by molar-refractivity contribution is -0.154. The minimum absolute atomic E-state index is 0.100. The average molecular weight is 205 g/mol. The Hall–Kier alpha value is -1.84. The zero-order valence-corrected chi connectivity index (χ0v) is 8.10. The van der Waals surface area contributed by atoms with Crippen LogP contribution >= 0.6 is 0 Å². The lowest BCUT2D eigenvalue weighted by Gasteiger charge is -2.24. The van der Waals surface area contributed by atoms with E-state index < -0.39 is 6.04 Å². The van der Waals surface area contributed by atoms with E-state index in [-0.39, 0.29) is 24.9 Å². The number of carbonyl (C=O) groups excluding carboxylic acids is 2. The van der Waals surface area contributed by atoms with Crippen molar-refractivity contribution < 1.29 is 14.3 Å². The van der Waals surface area contributed by atoms with Crippen molar-refractivity contribution in [2.45, 2.75) is 19.1 Å². The van der Waals surface area contributed by atoms with E-state index in [0.29, 0.717) is 0 Å². The number of esters is 1. The Labute approximate surface area is 87.2 Å². The summed E-state index contributed by atoms with van der Waals surface area (Å²) in [6, 6.07) is 8.99. The number of benzene rings is 1. The summed E-state index contributed by atoms with van der Waals surface area (Å²) in [7, 11) is 0. The molecule has 4 heteroatoms. The van der Waals surface area contributed by atoms with Gasteiger partial charge in [-0.15, -0.1) is 0 Å². The Bertz CT molecular complexity index is 367. The molecule has 2 rings (SSSR count). The number of hydrogen-bond acceptors (Lipinski definition) is 3. The molecule has 1 aromatic carbocycles. The molecular weight excluding hydrogens is 194 g/mol. The first-order valence-electron chi connectivity index (χ1n) is 4.75. The first-order chi connectivity index (χ1) is 7.25. The predicted octanol–water partition coefficient (Wildman–Crippen LogP) is 0.618. The second-order valence-electron chi connectivity index (χ2n) is 3.42. The number of hydrogen-bond donors (Lipinski definition) is 1. The molecular formula is C11H11NO3. The van der Waals surface area contributed by atoms with Crippen LogP contribution < -0.4 is 5.32 Å². The van der Waals surface area contributed by atoms with Crippen molar-refractivity contribution in [3.05, 3.63) is 35.9 Å². The molecule has 1 fully saturated rings. The van der Waals surface area contributed by atoms with E-state index in [1.807, 2.05) is 30.3 Å². The van der Waals surface area contributed by atoms with Crippen molar-refractivity contribution in [3.8, 4) is 0 Å². The highest BCUT2D eigenvalue weighted by Crippen LogP contribution is 2.08. The second kappa shape index (κ2) is 4.13. The number of carbonyl (C=O) groups is 2. The van der Waals surface area contributed by atoms with Gasteiger partial charge >= 0.3 is 5.97 Å². The number of β-lactam (4-membered cyclic amide) rings is 1. The van der Waals surface area contributed by atoms with E-state index in [0.717, 1.165) is 5.56 Å². The molecule has 0 bridgehead atoms. The molecule has 4 nitrogen and oxygen atoms in total. The molecule has 0 saturated carbocycles. The summed E-state index contributed by atoms with van der Waals surface area (Å²) >= 11 is 0. The fourth-order valence-electron chi connectivity index (χ4n) is 1.33. The predicted molar refractivity (Wildman–Crippen MR) is 52.8 cm³/mol. The van der Waals surface area contributed by atoms with Gasteiger partial charge in [0, 0.05) is 0 Å². The van der Waals surface area contributed by atoms with Gasteiger partial charge in [-0.2, -0.15) is 0 Å². The molecule has 78 valence electrons. The number of ether oxygens (including phenoxy) is 1. The highest BCUT2D eigenvalue weighted by molar-refractivity contribution is 5.94. The van der Waals surface area contributed by atoms with Crippen LogP contribution in [0.2, 0.25) is 0 Å². The molecule has 1 aliphatic rings. The topological polar surface area (TPSA) is 55.4 Å². The molecule has 0 aromatic heterocycles. The summed E-state index contributed by atoms with van der Waals surface area (Å²) in [4.78, 5) is 21.9. The van der Waals surface area contributed by atoms with E-state index in [4.69, 9.17) is 4.74 Å². The normalized spacial score (nSPS) is 18.9. The summed E-state index contributed by atoms with van der Waals surface area (Å²) in [5.41, 5.74) is 0.941. The van der Waals surface area contributed by atoms with Crippen molar-refractivity contribution in [3.63, 3.8) is 0 Å². The van der Waals surface area contributed by atoms with Gasteiger partial charge in [0.2, 0.25) is 5.91 Å². The summed E-state index contributed by atoms with van der Waals surface area (Å²) in [6.07, 6.45) is 0.244. The van der Waals surface area contributed by atoms with Crippen LogP contribution in [0.15, 0.2) is 30.3 Å². The van der Waals surface area contributed by atoms with Crippen LogP contribution in [0, 0.1) is 0 Å². The van der Waals surface area contributed by atoms with E-state index in [9.17, 15) is 9.59 Å². The van der Waals surface area contributed by atoms with Crippen LogP contribution in [0.25, 0.3) is 0 Å². The third-order valence-electron chi connectivity index (χ3n) is 2.23. The first kappa shape index (κ1) is 9.71. The molecule has 1 N–H and O–H groups in total. The van der Waals surface area contributed by atoms with Crippen molar-refractivity contribution in [2.24, 2.45) is 0 Å². The van der Waals surface area contributed by atoms with Gasteiger partial charge in [-0.1, -0.05) is 30.3 Å². The molecule has 1 amide bonds. The van der Waals surface area contributed by atoms with Gasteiger partial charge in [-0.3, -0.25) is 4.79 Å². The molecule has 1 heterocycles. The fraction of sp³-hybridized carbons (Fsp3) is 0.273. The van der Waals surface area contributed by atoms with Gasteiger partial charge in [-0.05, 0) is 5.56 Å². The van der Waals surface area contributed by atoms with Gasteiger partial charge in [-0.25, -0.2) is 4.79 Å². The fourth-order valence-corrected chi connectivity index (χ4v) is 1.33. The van der Waals surface area contributed by atoms with E-state index in [1.54, 1.807) is 0 Å². The van der Waals surface area contributed by atoms with Crippen molar-refractivity contribution in [1.29, 1.82) is 0 Å². The molecule has 0 aliphatic carbocycles. The van der Waals surface area contributed by atoms with Gasteiger partial charge in [0.25, 0.3) is 0 Å². The first-order valence-corrected chi connectivity index (χ1v) is 4.75. The minimum atomic E-state index is -0.443. The summed E-state index contributed by atoms with van der Waals surface area (Å²) < 4.78 is 5.03. The molecule has 1 aromatic rings. The molecule has 0 radical (unpaired) electrons. The summed E-state index contributed by atoms with van der Waals surface area (Å²) in [5.74, 6) is -0.463. The Morgan fingerprint density at radius 2 is 2.07 bits per heavy atom. The Morgan fingerprint density at radius 1 is 1.40 bits per heavy atom. The van der Waals surface area contributed by atoms with E-state index in [2.05, 4.69) is 5.32 Å². The zero-order chi connectivity index (χ0) is 10.7. The maximum absolute atomic E-state index is 11.3. The summed E-state index contributed by atoms with van der Waals surface area (Å²) in [6.45, 7) is 0.256. The summed E-state index contributed by atoms with van der Waals surface area (Å²) in [5, 5.41) is 2.47. The average Bonchev–Trinajstić information content (AvgIpc) is 2.23. The number of nitrogens with one attached hydrogen (secondary N) is 1. The second-order valence-corrected chi connectivity index (χ2v) is 3.42. The minimum Gasteiger partial charge on any atom is -0.459 e. The van der Waals surface area contributed by atoms with E-state index in [1.165, 1.54) is 0 Å². The van der Waals surface area contributed by atoms with Crippen LogP contribution in [-0.4, -0.2) is 17.9 Å². The third-order valence-corrected chi connectivity index (χ3v) is 2.23. The molecule has 15 heavy (non-hydrogen) atoms. The lowest BCUT2D eigenvalue weighted by Crippen LogP contribution is -2.53. The van der Waals surface area contributed by atoms with E-state index >= 15 is 0 Å². The highest BCUT2D eigenvalue weighted by Gasteiger charge is 2.32. The number of amides is 1. The standard InChI is InChI=1S/C11H11NO3/c13-10-6-9(12-10)11(14)15-7-8-4-2-1-3-5-8/h1-5,9H,6-7H2,(H,12,13). The molecule has 1 unspecified atom stereocenters. The van der Waals surface area contributed by atoms with Gasteiger partial charge in [0.15, 0.2) is 0 Å². The molecule has 1 atom stereocenters. The van der Waals surface area contributed by atoms with Crippen molar-refractivity contribution >= 4 is 11.9 Å². The Morgan fingerprint density at radius 3 is 2.67 bits per heavy atom. The van der Waals surface area contributed by atoms with Crippen molar-refractivity contribution in [1.82, 2.24) is 5.32 Å². The molecule has 1 saturated heterocycles. The van der Waals surface area contributed by atoms with Crippen LogP contribution in [0.4, 0.5) is 0 Å². The van der Waals surface area contributed by atoms with Crippen LogP contribution in [0.5, 0.6) is 0 Å². The SMILES string of the molecule is O=C1CC(C(=O)OCc2ccccc2)N1. The molecule has 1 aliphatic heterocycles. The monoisotopic (exact) mass is 205 g/mol. The van der Waals surface area contributed by atoms with Crippen LogP contribution in [-0.2, 0) is 20.9 Å². The third kappa shape index (κ3) is 2.34.